The van der Waals surface area contributed by atoms with E-state index in [2.05, 4.69) is 4.90 Å². The summed E-state index contributed by atoms with van der Waals surface area (Å²) in [6.45, 7) is 4.71. The Morgan fingerprint density at radius 1 is 1.24 bits per heavy atom. The summed E-state index contributed by atoms with van der Waals surface area (Å²) < 4.78 is 30.2. The molecule has 2 fully saturated rings. The predicted octanol–water partition coefficient (Wildman–Crippen LogP) is 2.52. The number of benzene rings is 1. The maximum Gasteiger partial charge on any atom is 0.409 e. The van der Waals surface area contributed by atoms with Gasteiger partial charge in [-0.3, -0.25) is 0 Å². The van der Waals surface area contributed by atoms with Crippen LogP contribution in [0, 0.1) is 23.2 Å². The fourth-order valence-corrected chi connectivity index (χ4v) is 6.08. The van der Waals surface area contributed by atoms with Crippen molar-refractivity contribution in [2.45, 2.75) is 37.1 Å². The molecule has 0 N–H and O–H groups in total. The van der Waals surface area contributed by atoms with E-state index in [4.69, 9.17) is 10.00 Å². The molecular weight excluding hydrogens is 390 g/mol. The predicted molar refractivity (Wildman–Crippen MR) is 109 cm³/mol. The first-order chi connectivity index (χ1) is 13.9. The highest BCUT2D eigenvalue weighted by atomic mass is 32.2. The smallest absolute Gasteiger partial charge is 0.409 e. The van der Waals surface area contributed by atoms with Gasteiger partial charge in [-0.05, 0) is 68.8 Å². The van der Waals surface area contributed by atoms with Gasteiger partial charge in [0.2, 0.25) is 0 Å². The Hall–Kier alpha value is -2.11. The van der Waals surface area contributed by atoms with E-state index in [1.807, 2.05) is 20.0 Å². The molecule has 1 heterocycles. The molecule has 2 unspecified atom stereocenters. The molecule has 0 spiro atoms. The highest BCUT2D eigenvalue weighted by Crippen LogP contribution is 2.39. The molecule has 158 valence electrons. The number of sulfone groups is 1. The third kappa shape index (κ3) is 4.90. The van der Waals surface area contributed by atoms with Crippen molar-refractivity contribution in [2.24, 2.45) is 11.8 Å². The number of likely N-dealkylation sites (tertiary alicyclic amines) is 1. The lowest BCUT2D eigenvalue weighted by atomic mass is 9.91. The third-order valence-electron chi connectivity index (χ3n) is 6.09. The second-order valence-corrected chi connectivity index (χ2v) is 10.1. The van der Waals surface area contributed by atoms with E-state index >= 15 is 0 Å². The van der Waals surface area contributed by atoms with E-state index in [-0.39, 0.29) is 22.8 Å². The Morgan fingerprint density at radius 2 is 1.86 bits per heavy atom. The SMILES string of the molecule is CCOC(=O)N(C)C1C2CCC1CN(CCCS(=O)(=O)c1ccc(C#N)cc1)C2. The standard InChI is InChI=1S/C21H29N3O4S/c1-3-28-21(25)23(2)20-17-7-8-18(20)15-24(14-17)11-4-12-29(26,27)19-9-5-16(13-22)6-10-19/h5-6,9-10,17-18,20H,3-4,7-8,11-12,14-15H2,1-2H3. The number of hydrogen-bond donors (Lipinski definition) is 0. The van der Waals surface area contributed by atoms with Crippen molar-refractivity contribution >= 4 is 15.9 Å². The maximum absolute atomic E-state index is 12.5. The van der Waals surface area contributed by atoms with E-state index in [9.17, 15) is 13.2 Å². The quantitative estimate of drug-likeness (QED) is 0.674. The molecule has 0 radical (unpaired) electrons. The van der Waals surface area contributed by atoms with E-state index in [1.165, 1.54) is 24.3 Å². The van der Waals surface area contributed by atoms with Gasteiger partial charge in [-0.15, -0.1) is 0 Å². The number of carbonyl (C=O) groups excluding carboxylic acids is 1. The van der Waals surface area contributed by atoms with Gasteiger partial charge in [-0.1, -0.05) is 0 Å². The molecule has 1 aliphatic heterocycles. The van der Waals surface area contributed by atoms with Crippen molar-refractivity contribution in [1.82, 2.24) is 9.80 Å². The average molecular weight is 420 g/mol. The van der Waals surface area contributed by atoms with Crippen molar-refractivity contribution in [2.75, 3.05) is 39.0 Å². The fourth-order valence-electron chi connectivity index (χ4n) is 4.79. The number of ether oxygens (including phenoxy) is 1. The van der Waals surface area contributed by atoms with Crippen LogP contribution in [0.3, 0.4) is 0 Å². The van der Waals surface area contributed by atoms with Crippen LogP contribution in [0.25, 0.3) is 0 Å². The van der Waals surface area contributed by atoms with E-state index < -0.39 is 9.84 Å². The van der Waals surface area contributed by atoms with Crippen molar-refractivity contribution < 1.29 is 17.9 Å². The first kappa shape index (κ1) is 21.6. The topological polar surface area (TPSA) is 90.7 Å². The Balaban J connectivity index is 1.52. The Morgan fingerprint density at radius 3 is 2.41 bits per heavy atom. The number of carbonyl (C=O) groups is 1. The molecule has 0 aromatic heterocycles. The van der Waals surface area contributed by atoms with Crippen LogP contribution in [0.4, 0.5) is 4.79 Å². The first-order valence-electron chi connectivity index (χ1n) is 10.2. The summed E-state index contributed by atoms with van der Waals surface area (Å²) >= 11 is 0. The molecule has 1 aromatic rings. The Labute approximate surface area is 173 Å². The monoisotopic (exact) mass is 419 g/mol. The molecule has 1 aromatic carbocycles. The van der Waals surface area contributed by atoms with Gasteiger partial charge in [0.1, 0.15) is 0 Å². The van der Waals surface area contributed by atoms with Crippen LogP contribution in [0.1, 0.15) is 31.7 Å². The normalized spacial score (nSPS) is 24.1. The zero-order chi connectivity index (χ0) is 21.0. The summed E-state index contributed by atoms with van der Waals surface area (Å²) in [6, 6.07) is 8.30. The summed E-state index contributed by atoms with van der Waals surface area (Å²) in [6.07, 6.45) is 2.51. The second-order valence-electron chi connectivity index (χ2n) is 7.97. The molecule has 8 heteroatoms. The van der Waals surface area contributed by atoms with E-state index in [0.29, 0.717) is 30.4 Å². The van der Waals surface area contributed by atoms with Crippen LogP contribution in [0.15, 0.2) is 29.2 Å². The highest BCUT2D eigenvalue weighted by molar-refractivity contribution is 7.91. The van der Waals surface area contributed by atoms with Gasteiger partial charge < -0.3 is 14.5 Å². The molecule has 3 rings (SSSR count). The number of hydrogen-bond acceptors (Lipinski definition) is 6. The lowest BCUT2D eigenvalue weighted by Crippen LogP contribution is -2.53. The molecule has 1 amide bonds. The van der Waals surface area contributed by atoms with E-state index in [1.54, 1.807) is 4.90 Å². The lowest BCUT2D eigenvalue weighted by molar-refractivity contribution is 0.0456. The van der Waals surface area contributed by atoms with Crippen LogP contribution >= 0.6 is 0 Å². The number of nitrogens with zero attached hydrogens (tertiary/aromatic N) is 3. The zero-order valence-electron chi connectivity index (χ0n) is 17.1. The fraction of sp³-hybridized carbons (Fsp3) is 0.619. The van der Waals surface area contributed by atoms with Gasteiger partial charge in [-0.2, -0.15) is 5.26 Å². The third-order valence-corrected chi connectivity index (χ3v) is 7.91. The number of amides is 1. The summed E-state index contributed by atoms with van der Waals surface area (Å²) in [5.74, 6) is 0.924. The second kappa shape index (κ2) is 9.14. The van der Waals surface area contributed by atoms with Crippen molar-refractivity contribution in [3.63, 3.8) is 0 Å². The molecule has 2 aliphatic rings. The van der Waals surface area contributed by atoms with E-state index in [0.717, 1.165) is 32.5 Å². The average Bonchev–Trinajstić information content (AvgIpc) is 2.97. The molecule has 2 bridgehead atoms. The Bertz CT molecular complexity index is 849. The molecule has 2 atom stereocenters. The summed E-state index contributed by atoms with van der Waals surface area (Å²) in [5, 5.41) is 8.84. The van der Waals surface area contributed by atoms with Crippen molar-refractivity contribution in [3.8, 4) is 6.07 Å². The van der Waals surface area contributed by atoms with Gasteiger partial charge in [0.15, 0.2) is 9.84 Å². The molecule has 7 nitrogen and oxygen atoms in total. The van der Waals surface area contributed by atoms with Gasteiger partial charge in [-0.25, -0.2) is 13.2 Å². The van der Waals surface area contributed by atoms with Crippen LogP contribution < -0.4 is 0 Å². The minimum atomic E-state index is -3.34. The summed E-state index contributed by atoms with van der Waals surface area (Å²) in [7, 11) is -1.52. The van der Waals surface area contributed by atoms with Crippen molar-refractivity contribution in [1.29, 1.82) is 5.26 Å². The number of fused-ring (bicyclic) bond motifs is 2. The van der Waals surface area contributed by atoms with Crippen molar-refractivity contribution in [3.05, 3.63) is 29.8 Å². The van der Waals surface area contributed by atoms with Gasteiger partial charge in [0.25, 0.3) is 0 Å². The van der Waals surface area contributed by atoms with Gasteiger partial charge in [0, 0.05) is 26.2 Å². The maximum atomic E-state index is 12.5. The first-order valence-corrected chi connectivity index (χ1v) is 11.9. The summed E-state index contributed by atoms with van der Waals surface area (Å²) in [4.78, 5) is 16.5. The van der Waals surface area contributed by atoms with Crippen LogP contribution in [0.2, 0.25) is 0 Å². The minimum Gasteiger partial charge on any atom is -0.450 e. The van der Waals surface area contributed by atoms with Gasteiger partial charge >= 0.3 is 6.09 Å². The highest BCUT2D eigenvalue weighted by Gasteiger charge is 2.45. The minimum absolute atomic E-state index is 0.0941. The summed E-state index contributed by atoms with van der Waals surface area (Å²) in [5.41, 5.74) is 0.454. The molecule has 29 heavy (non-hydrogen) atoms. The molecule has 1 saturated carbocycles. The molecular formula is C21H29N3O4S. The Kier molecular flexibility index (Phi) is 6.81. The molecule has 1 aliphatic carbocycles. The lowest BCUT2D eigenvalue weighted by Gasteiger charge is -2.41. The number of nitriles is 1. The largest absolute Gasteiger partial charge is 0.450 e. The van der Waals surface area contributed by atoms with Gasteiger partial charge in [0.05, 0.1) is 28.9 Å². The molecule has 1 saturated heterocycles. The van der Waals surface area contributed by atoms with Crippen LogP contribution in [0.5, 0.6) is 0 Å². The van der Waals surface area contributed by atoms with Crippen LogP contribution in [-0.2, 0) is 14.6 Å². The number of piperidine rings is 1. The van der Waals surface area contributed by atoms with Crippen LogP contribution in [-0.4, -0.2) is 69.4 Å². The number of rotatable bonds is 7. The zero-order valence-corrected chi connectivity index (χ0v) is 17.9.